The molecule has 2 atom stereocenters. The van der Waals surface area contributed by atoms with Gasteiger partial charge in [-0.2, -0.15) is 10.2 Å². The zero-order valence-electron chi connectivity index (χ0n) is 23.5. The summed E-state index contributed by atoms with van der Waals surface area (Å²) in [6.07, 6.45) is 1.80. The fourth-order valence-corrected chi connectivity index (χ4v) is 5.70. The first-order valence-electron chi connectivity index (χ1n) is 14.2. The van der Waals surface area contributed by atoms with E-state index in [4.69, 9.17) is 9.47 Å². The molecule has 2 unspecified atom stereocenters. The molecule has 3 saturated heterocycles. The minimum Gasteiger partial charge on any atom is -0.487 e. The number of hydrogen-bond acceptors (Lipinski definition) is 11. The van der Waals surface area contributed by atoms with Crippen molar-refractivity contribution in [3.8, 4) is 23.2 Å². The number of carbonyl (C=O) groups excluding carboxylic acids is 1. The summed E-state index contributed by atoms with van der Waals surface area (Å²) in [5.74, 6) is 0.934. The number of rotatable bonds is 8. The maximum absolute atomic E-state index is 11.9. The number of ether oxygens (including phenoxy) is 2. The van der Waals surface area contributed by atoms with E-state index in [9.17, 15) is 15.2 Å². The van der Waals surface area contributed by atoms with Crippen molar-refractivity contribution in [1.29, 1.82) is 5.26 Å². The van der Waals surface area contributed by atoms with E-state index in [1.54, 1.807) is 23.1 Å². The molecule has 0 radical (unpaired) electrons. The first kappa shape index (κ1) is 27.8. The van der Waals surface area contributed by atoms with Crippen LogP contribution >= 0.6 is 0 Å². The van der Waals surface area contributed by atoms with Gasteiger partial charge in [0.25, 0.3) is 0 Å². The average molecular weight is 571 g/mol. The van der Waals surface area contributed by atoms with Crippen LogP contribution in [0.3, 0.4) is 0 Å². The smallest absolute Gasteiger partial charge is 0.248 e. The highest BCUT2D eigenvalue weighted by molar-refractivity contribution is 5.78. The van der Waals surface area contributed by atoms with Crippen molar-refractivity contribution in [3.63, 3.8) is 0 Å². The van der Waals surface area contributed by atoms with Gasteiger partial charge in [0, 0.05) is 55.6 Å². The zero-order valence-corrected chi connectivity index (χ0v) is 23.5. The van der Waals surface area contributed by atoms with Gasteiger partial charge in [0.15, 0.2) is 5.82 Å². The van der Waals surface area contributed by atoms with Gasteiger partial charge in [-0.1, -0.05) is 0 Å². The van der Waals surface area contributed by atoms with Crippen LogP contribution in [-0.2, 0) is 9.53 Å². The molecule has 6 rings (SSSR count). The van der Waals surface area contributed by atoms with Crippen molar-refractivity contribution in [1.82, 2.24) is 24.8 Å². The number of nitrogens with one attached hydrogen (secondary N) is 1. The molecule has 0 bridgehead atoms. The number of nitriles is 1. The lowest BCUT2D eigenvalue weighted by molar-refractivity contribution is -0.134. The lowest BCUT2D eigenvalue weighted by atomic mass is 10.1. The molecule has 0 saturated carbocycles. The number of likely N-dealkylation sites (tertiary alicyclic amines) is 1. The summed E-state index contributed by atoms with van der Waals surface area (Å²) in [6, 6.07) is 16.2. The lowest BCUT2D eigenvalue weighted by Crippen LogP contribution is -2.56. The first-order valence-corrected chi connectivity index (χ1v) is 14.2. The van der Waals surface area contributed by atoms with E-state index in [1.165, 1.54) is 12.0 Å². The molecular weight excluding hydrogens is 536 g/mol. The molecule has 3 aromatic rings. The molecule has 12 heteroatoms. The molecule has 3 aliphatic heterocycles. The summed E-state index contributed by atoms with van der Waals surface area (Å²) in [7, 11) is 0. The molecular formula is C30H34N8O4. The van der Waals surface area contributed by atoms with Gasteiger partial charge in [-0.25, -0.2) is 9.97 Å². The van der Waals surface area contributed by atoms with E-state index >= 15 is 0 Å². The van der Waals surface area contributed by atoms with E-state index in [2.05, 4.69) is 48.3 Å². The molecule has 1 aromatic heterocycles. The quantitative estimate of drug-likeness (QED) is 0.411. The van der Waals surface area contributed by atoms with E-state index in [-0.39, 0.29) is 18.1 Å². The maximum atomic E-state index is 11.9. The van der Waals surface area contributed by atoms with Gasteiger partial charge >= 0.3 is 0 Å². The second-order valence-electron chi connectivity index (χ2n) is 10.9. The van der Waals surface area contributed by atoms with Gasteiger partial charge in [-0.15, -0.1) is 0 Å². The third kappa shape index (κ3) is 5.99. The third-order valence-electron chi connectivity index (χ3n) is 8.16. The maximum Gasteiger partial charge on any atom is 0.248 e. The van der Waals surface area contributed by atoms with Crippen molar-refractivity contribution in [2.45, 2.75) is 31.5 Å². The predicted octanol–water partition coefficient (Wildman–Crippen LogP) is 2.04. The average Bonchev–Trinajstić information content (AvgIpc) is 3.36. The topological polar surface area (TPSA) is 140 Å². The first-order chi connectivity index (χ1) is 20.5. The Labute approximate surface area is 244 Å². The fraction of sp³-hybridized carbons (Fsp3) is 0.433. The molecule has 3 fully saturated rings. The number of aliphatic hydroxyl groups excluding tert-OH is 1. The largest absolute Gasteiger partial charge is 0.487 e. The Morgan fingerprint density at radius 3 is 2.62 bits per heavy atom. The molecule has 0 spiro atoms. The summed E-state index contributed by atoms with van der Waals surface area (Å²) in [4.78, 5) is 31.6. The number of carbonyl (C=O) groups is 1. The monoisotopic (exact) mass is 570 g/mol. The van der Waals surface area contributed by atoms with Crippen molar-refractivity contribution in [2.24, 2.45) is 0 Å². The van der Waals surface area contributed by atoms with E-state index in [1.807, 2.05) is 19.1 Å². The highest BCUT2D eigenvalue weighted by atomic mass is 16.5. The van der Waals surface area contributed by atoms with E-state index in [0.29, 0.717) is 47.7 Å². The predicted molar refractivity (Wildman–Crippen MR) is 155 cm³/mol. The van der Waals surface area contributed by atoms with Crippen molar-refractivity contribution < 1.29 is 19.4 Å². The van der Waals surface area contributed by atoms with Gasteiger partial charge in [0.2, 0.25) is 11.9 Å². The molecule has 3 aliphatic rings. The van der Waals surface area contributed by atoms with Gasteiger partial charge in [-0.3, -0.25) is 9.69 Å². The number of anilines is 3. The second-order valence-corrected chi connectivity index (χ2v) is 10.9. The third-order valence-corrected chi connectivity index (χ3v) is 8.16. The van der Waals surface area contributed by atoms with Gasteiger partial charge in [-0.05, 0) is 49.4 Å². The normalized spacial score (nSPS) is 21.1. The molecule has 12 nitrogen and oxygen atoms in total. The molecule has 2 aromatic carbocycles. The Bertz CT molecular complexity index is 1450. The molecule has 2 N–H and O–H groups in total. The molecule has 42 heavy (non-hydrogen) atoms. The van der Waals surface area contributed by atoms with Crippen LogP contribution < -0.4 is 15.0 Å². The number of hydrogen-bond donors (Lipinski definition) is 2. The SMILES string of the molecule is CC1CC(Oc2ccc(-c3ncnc(Nc4ccc(N5CCN(C6COC6)CC5)cc4)n3)cc2C#N)CN1C(=O)CO. The van der Waals surface area contributed by atoms with Gasteiger partial charge in [0.1, 0.15) is 30.9 Å². The molecule has 0 aliphatic carbocycles. The van der Waals surface area contributed by atoms with Crippen LogP contribution in [0.1, 0.15) is 18.9 Å². The van der Waals surface area contributed by atoms with E-state index < -0.39 is 6.61 Å². The minimum atomic E-state index is -0.530. The van der Waals surface area contributed by atoms with Crippen molar-refractivity contribution >= 4 is 23.2 Å². The van der Waals surface area contributed by atoms with Crippen LogP contribution in [0.2, 0.25) is 0 Å². The molecule has 1 amide bonds. The minimum absolute atomic E-state index is 0.0462. The number of amides is 1. The Morgan fingerprint density at radius 2 is 1.93 bits per heavy atom. The highest BCUT2D eigenvalue weighted by Crippen LogP contribution is 2.29. The highest BCUT2D eigenvalue weighted by Gasteiger charge is 2.34. The molecule has 218 valence electrons. The zero-order chi connectivity index (χ0) is 29.1. The Morgan fingerprint density at radius 1 is 1.14 bits per heavy atom. The van der Waals surface area contributed by atoms with Crippen LogP contribution in [0.25, 0.3) is 11.4 Å². The number of nitrogens with zero attached hydrogens (tertiary/aromatic N) is 7. The number of benzene rings is 2. The molecule has 4 heterocycles. The fourth-order valence-electron chi connectivity index (χ4n) is 5.70. The Balaban J connectivity index is 1.09. The Kier molecular flexibility index (Phi) is 8.14. The summed E-state index contributed by atoms with van der Waals surface area (Å²) in [5.41, 5.74) is 3.05. The van der Waals surface area contributed by atoms with Crippen LogP contribution in [0.15, 0.2) is 48.8 Å². The van der Waals surface area contributed by atoms with Crippen molar-refractivity contribution in [3.05, 3.63) is 54.4 Å². The van der Waals surface area contributed by atoms with Crippen LogP contribution in [0.5, 0.6) is 5.75 Å². The summed E-state index contributed by atoms with van der Waals surface area (Å²) in [6.45, 7) is 7.55. The van der Waals surface area contributed by atoms with E-state index in [0.717, 1.165) is 45.1 Å². The number of piperazine rings is 1. The van der Waals surface area contributed by atoms with Crippen LogP contribution in [0.4, 0.5) is 17.3 Å². The summed E-state index contributed by atoms with van der Waals surface area (Å²) < 4.78 is 11.4. The summed E-state index contributed by atoms with van der Waals surface area (Å²) in [5, 5.41) is 22.3. The van der Waals surface area contributed by atoms with Gasteiger partial charge in [0.05, 0.1) is 31.4 Å². The second kappa shape index (κ2) is 12.3. The van der Waals surface area contributed by atoms with Crippen molar-refractivity contribution in [2.75, 3.05) is 62.8 Å². The number of aromatic nitrogens is 3. The standard InChI is InChI=1S/C30H34N8O4/c1-20-12-26(15-38(20)28(40)16-39)42-27-7-2-21(13-22(27)14-31)29-32-19-33-30(35-29)34-23-3-5-24(6-4-23)36-8-10-37(11-9-36)25-17-41-18-25/h2-7,13,19-20,25-26,39H,8-12,15-18H2,1H3,(H,32,33,34,35). The Hall–Kier alpha value is -4.31. The summed E-state index contributed by atoms with van der Waals surface area (Å²) >= 11 is 0. The van der Waals surface area contributed by atoms with Crippen LogP contribution in [-0.4, -0.2) is 106 Å². The van der Waals surface area contributed by atoms with Gasteiger partial charge < -0.3 is 29.7 Å². The van der Waals surface area contributed by atoms with Crippen LogP contribution in [0, 0.1) is 11.3 Å². The lowest BCUT2D eigenvalue weighted by Gasteiger charge is -2.43. The number of aliphatic hydroxyl groups is 1.